The lowest BCUT2D eigenvalue weighted by molar-refractivity contribution is 0.0602. The van der Waals surface area contributed by atoms with Crippen molar-refractivity contribution in [3.63, 3.8) is 0 Å². The number of hydrogen-bond acceptors (Lipinski definition) is 6. The highest BCUT2D eigenvalue weighted by molar-refractivity contribution is 7.89. The molecule has 6 nitrogen and oxygen atoms in total. The first-order chi connectivity index (χ1) is 10.0. The normalized spacial score (nSPS) is 18.5. The highest BCUT2D eigenvalue weighted by atomic mass is 35.5. The minimum atomic E-state index is -3.66. The fourth-order valence-corrected chi connectivity index (χ4v) is 4.78. The predicted molar refractivity (Wildman–Crippen MR) is 88.3 cm³/mol. The molecule has 1 aromatic heterocycles. The number of rotatable bonds is 6. The van der Waals surface area contributed by atoms with Gasteiger partial charge in [-0.1, -0.05) is 0 Å². The largest absolute Gasteiger partial charge is 0.465 e. The summed E-state index contributed by atoms with van der Waals surface area (Å²) >= 11 is 1.07. The van der Waals surface area contributed by atoms with Crippen LogP contribution in [0.5, 0.6) is 0 Å². The van der Waals surface area contributed by atoms with Gasteiger partial charge in [0.15, 0.2) is 0 Å². The first-order valence-corrected chi connectivity index (χ1v) is 9.27. The van der Waals surface area contributed by atoms with Gasteiger partial charge in [-0.05, 0) is 49.7 Å². The minimum absolute atomic E-state index is 0. The van der Waals surface area contributed by atoms with E-state index in [4.69, 9.17) is 0 Å². The van der Waals surface area contributed by atoms with Gasteiger partial charge in [-0.25, -0.2) is 17.9 Å². The van der Waals surface area contributed by atoms with Gasteiger partial charge in [0.05, 0.1) is 7.11 Å². The number of hydrogen-bond donors (Lipinski definition) is 2. The number of sulfonamides is 1. The van der Waals surface area contributed by atoms with Crippen molar-refractivity contribution in [3.8, 4) is 0 Å². The van der Waals surface area contributed by atoms with Crippen LogP contribution in [0.3, 0.4) is 0 Å². The van der Waals surface area contributed by atoms with Gasteiger partial charge < -0.3 is 10.1 Å². The molecule has 1 aromatic rings. The van der Waals surface area contributed by atoms with Crippen LogP contribution in [0.25, 0.3) is 0 Å². The Morgan fingerprint density at radius 1 is 1.55 bits per heavy atom. The Bertz CT molecular complexity index is 583. The summed E-state index contributed by atoms with van der Waals surface area (Å²) in [6, 6.07) is 1.43. The van der Waals surface area contributed by atoms with Crippen LogP contribution in [0.1, 0.15) is 28.9 Å². The van der Waals surface area contributed by atoms with Gasteiger partial charge in [0.2, 0.25) is 10.0 Å². The van der Waals surface area contributed by atoms with Gasteiger partial charge in [-0.3, -0.25) is 0 Å². The summed E-state index contributed by atoms with van der Waals surface area (Å²) in [4.78, 5) is 11.7. The van der Waals surface area contributed by atoms with Crippen LogP contribution in [0, 0.1) is 5.92 Å². The number of nitrogens with one attached hydrogen (secondary N) is 2. The van der Waals surface area contributed by atoms with E-state index < -0.39 is 16.0 Å². The van der Waals surface area contributed by atoms with Crippen LogP contribution in [-0.4, -0.2) is 41.1 Å². The highest BCUT2D eigenvalue weighted by Crippen LogP contribution is 2.23. The average Bonchev–Trinajstić information content (AvgIpc) is 2.98. The number of carbonyl (C=O) groups is 1. The number of ether oxygens (including phenoxy) is 1. The standard InChI is InChI=1S/C13H20N2O4S2.ClH/c1-19-13(16)12-11(5-8-20-12)21(17,18)15-7-4-10-3-2-6-14-9-10;/h5,8,10,14-15H,2-4,6-7,9H2,1H3;1H. The van der Waals surface area contributed by atoms with Crippen LogP contribution < -0.4 is 10.0 Å². The number of piperidine rings is 1. The molecule has 0 amide bonds. The lowest BCUT2D eigenvalue weighted by Gasteiger charge is -2.22. The zero-order chi connectivity index (χ0) is 15.3. The smallest absolute Gasteiger partial charge is 0.349 e. The molecule has 1 aliphatic heterocycles. The minimum Gasteiger partial charge on any atom is -0.465 e. The molecular weight excluding hydrogens is 348 g/mol. The van der Waals surface area contributed by atoms with Gasteiger partial charge in [0.25, 0.3) is 0 Å². The van der Waals surface area contributed by atoms with Crippen molar-refractivity contribution in [1.29, 1.82) is 0 Å². The van der Waals surface area contributed by atoms with Crippen molar-refractivity contribution in [1.82, 2.24) is 10.0 Å². The molecule has 9 heteroatoms. The van der Waals surface area contributed by atoms with E-state index in [1.165, 1.54) is 13.2 Å². The third-order valence-corrected chi connectivity index (χ3v) is 6.06. The molecule has 2 heterocycles. The monoisotopic (exact) mass is 368 g/mol. The van der Waals surface area contributed by atoms with Crippen molar-refractivity contribution in [2.75, 3.05) is 26.7 Å². The van der Waals surface area contributed by atoms with Gasteiger partial charge in [0.1, 0.15) is 9.77 Å². The van der Waals surface area contributed by atoms with Crippen molar-refractivity contribution in [3.05, 3.63) is 16.3 Å². The molecule has 1 aliphatic rings. The second-order valence-electron chi connectivity index (χ2n) is 5.00. The summed E-state index contributed by atoms with van der Waals surface area (Å²) in [7, 11) is -2.43. The third-order valence-electron chi connectivity index (χ3n) is 3.53. The fraction of sp³-hybridized carbons (Fsp3) is 0.615. The second-order valence-corrected chi connectivity index (χ2v) is 7.66. The van der Waals surface area contributed by atoms with E-state index in [0.29, 0.717) is 12.5 Å². The maximum atomic E-state index is 12.2. The van der Waals surface area contributed by atoms with E-state index in [1.807, 2.05) is 0 Å². The Labute approximate surface area is 141 Å². The van der Waals surface area contributed by atoms with Crippen molar-refractivity contribution < 1.29 is 17.9 Å². The van der Waals surface area contributed by atoms with Gasteiger partial charge in [-0.2, -0.15) is 0 Å². The Kier molecular flexibility index (Phi) is 7.78. The molecule has 1 atom stereocenters. The van der Waals surface area contributed by atoms with Gasteiger partial charge >= 0.3 is 5.97 Å². The molecular formula is C13H21ClN2O4S2. The first kappa shape index (κ1) is 19.4. The molecule has 1 saturated heterocycles. The third kappa shape index (κ3) is 4.92. The summed E-state index contributed by atoms with van der Waals surface area (Å²) in [5.41, 5.74) is 0. The Morgan fingerprint density at radius 3 is 2.95 bits per heavy atom. The predicted octanol–water partition coefficient (Wildman–Crippen LogP) is 1.62. The summed E-state index contributed by atoms with van der Waals surface area (Å²) < 4.78 is 31.7. The average molecular weight is 369 g/mol. The van der Waals surface area contributed by atoms with Crippen LogP contribution in [0.15, 0.2) is 16.3 Å². The molecule has 0 radical (unpaired) electrons. The quantitative estimate of drug-likeness (QED) is 0.745. The van der Waals surface area contributed by atoms with E-state index in [0.717, 1.165) is 43.7 Å². The maximum Gasteiger partial charge on any atom is 0.349 e. The lowest BCUT2D eigenvalue weighted by atomic mass is 9.96. The molecule has 1 fully saturated rings. The Balaban J connectivity index is 0.00000242. The molecule has 22 heavy (non-hydrogen) atoms. The van der Waals surface area contributed by atoms with E-state index in [-0.39, 0.29) is 22.2 Å². The molecule has 2 N–H and O–H groups in total. The molecule has 0 aliphatic carbocycles. The summed E-state index contributed by atoms with van der Waals surface area (Å²) in [6.45, 7) is 2.36. The van der Waals surface area contributed by atoms with Gasteiger partial charge in [-0.15, -0.1) is 23.7 Å². The van der Waals surface area contributed by atoms with Crippen molar-refractivity contribution in [2.24, 2.45) is 5.92 Å². The van der Waals surface area contributed by atoms with Crippen LogP contribution >= 0.6 is 23.7 Å². The Morgan fingerprint density at radius 2 is 2.32 bits per heavy atom. The summed E-state index contributed by atoms with van der Waals surface area (Å²) in [5, 5.41) is 4.88. The highest BCUT2D eigenvalue weighted by Gasteiger charge is 2.24. The zero-order valence-electron chi connectivity index (χ0n) is 12.3. The van der Waals surface area contributed by atoms with Crippen molar-refractivity contribution in [2.45, 2.75) is 24.2 Å². The first-order valence-electron chi connectivity index (χ1n) is 6.91. The zero-order valence-corrected chi connectivity index (χ0v) is 14.8. The maximum absolute atomic E-state index is 12.2. The van der Waals surface area contributed by atoms with Crippen LogP contribution in [0.4, 0.5) is 0 Å². The van der Waals surface area contributed by atoms with Crippen molar-refractivity contribution >= 4 is 39.7 Å². The van der Waals surface area contributed by atoms with E-state index in [1.54, 1.807) is 5.38 Å². The number of carbonyl (C=O) groups excluding carboxylic acids is 1. The molecule has 1 unspecified atom stereocenters. The molecule has 2 rings (SSSR count). The summed E-state index contributed by atoms with van der Waals surface area (Å²) in [5.74, 6) is -0.120. The number of methoxy groups -OCH3 is 1. The molecule has 0 aromatic carbocycles. The molecule has 0 bridgehead atoms. The SMILES string of the molecule is COC(=O)c1sccc1S(=O)(=O)NCCC1CCCNC1.Cl. The Hall–Kier alpha value is -0.670. The van der Waals surface area contributed by atoms with Crippen LogP contribution in [-0.2, 0) is 14.8 Å². The number of esters is 1. The van der Waals surface area contributed by atoms with Gasteiger partial charge in [0, 0.05) is 6.54 Å². The summed E-state index contributed by atoms with van der Waals surface area (Å²) in [6.07, 6.45) is 3.05. The number of thiophene rings is 1. The molecule has 0 saturated carbocycles. The molecule has 126 valence electrons. The van der Waals surface area contributed by atoms with Crippen LogP contribution in [0.2, 0.25) is 0 Å². The fourth-order valence-electron chi connectivity index (χ4n) is 2.40. The van der Waals surface area contributed by atoms with E-state index in [2.05, 4.69) is 14.8 Å². The van der Waals surface area contributed by atoms with E-state index in [9.17, 15) is 13.2 Å². The topological polar surface area (TPSA) is 84.5 Å². The second kappa shape index (κ2) is 8.83. The molecule has 0 spiro atoms. The number of halogens is 1. The van der Waals surface area contributed by atoms with E-state index >= 15 is 0 Å². The lowest BCUT2D eigenvalue weighted by Crippen LogP contribution is -2.33.